The Bertz CT molecular complexity index is 494. The number of furan rings is 1. The third-order valence-corrected chi connectivity index (χ3v) is 2.67. The predicted octanol–water partition coefficient (Wildman–Crippen LogP) is 3.56. The van der Waals surface area contributed by atoms with Gasteiger partial charge in [-0.3, -0.25) is 0 Å². The molecule has 0 bridgehead atoms. The van der Waals surface area contributed by atoms with Crippen molar-refractivity contribution in [1.29, 1.82) is 0 Å². The number of pyridine rings is 1. The number of rotatable bonds is 3. The van der Waals surface area contributed by atoms with E-state index in [0.717, 1.165) is 22.8 Å². The summed E-state index contributed by atoms with van der Waals surface area (Å²) in [6.45, 7) is 4.51. The smallest absolute Gasteiger partial charge is 0.132 e. The van der Waals surface area contributed by atoms with Crippen molar-refractivity contribution < 1.29 is 4.42 Å². The molecule has 2 heterocycles. The molecule has 0 radical (unpaired) electrons. The summed E-state index contributed by atoms with van der Waals surface area (Å²) in [7, 11) is 0. The molecule has 0 spiro atoms. The van der Waals surface area contributed by atoms with Crippen LogP contribution in [0.5, 0.6) is 0 Å². The first-order chi connectivity index (χ1) is 7.65. The van der Waals surface area contributed by atoms with E-state index in [1.807, 2.05) is 32.0 Å². The van der Waals surface area contributed by atoms with Crippen molar-refractivity contribution in [2.24, 2.45) is 0 Å². The molecule has 0 aliphatic heterocycles. The fraction of sp³-hybridized carbons (Fsp3) is 0.250. The number of anilines is 1. The third kappa shape index (κ3) is 2.55. The van der Waals surface area contributed by atoms with E-state index in [-0.39, 0.29) is 0 Å². The summed E-state index contributed by atoms with van der Waals surface area (Å²) in [5, 5.41) is 3.77. The minimum Gasteiger partial charge on any atom is -0.465 e. The maximum absolute atomic E-state index is 5.84. The third-order valence-electron chi connectivity index (χ3n) is 2.28. The second-order valence-electron chi connectivity index (χ2n) is 3.70. The molecule has 2 rings (SSSR count). The molecular formula is C12H13ClN2O. The molecule has 0 saturated heterocycles. The van der Waals surface area contributed by atoms with Gasteiger partial charge in [-0.15, -0.1) is 0 Å². The maximum atomic E-state index is 5.84. The highest BCUT2D eigenvalue weighted by Gasteiger charge is 2.01. The molecule has 0 aliphatic carbocycles. The second kappa shape index (κ2) is 4.58. The van der Waals surface area contributed by atoms with Gasteiger partial charge in [0.15, 0.2) is 0 Å². The first-order valence-electron chi connectivity index (χ1n) is 5.06. The highest BCUT2D eigenvalue weighted by atomic mass is 35.5. The molecule has 3 nitrogen and oxygen atoms in total. The van der Waals surface area contributed by atoms with Crippen LogP contribution in [0.3, 0.4) is 0 Å². The topological polar surface area (TPSA) is 38.1 Å². The van der Waals surface area contributed by atoms with Gasteiger partial charge in [0.25, 0.3) is 0 Å². The van der Waals surface area contributed by atoms with Gasteiger partial charge in [0, 0.05) is 0 Å². The summed E-state index contributed by atoms with van der Waals surface area (Å²) < 4.78 is 5.45. The van der Waals surface area contributed by atoms with Gasteiger partial charge in [0.05, 0.1) is 18.4 Å². The minimum atomic E-state index is 0.541. The van der Waals surface area contributed by atoms with Crippen LogP contribution in [0.15, 0.2) is 28.8 Å². The van der Waals surface area contributed by atoms with E-state index in [2.05, 4.69) is 10.3 Å². The highest BCUT2D eigenvalue weighted by Crippen LogP contribution is 2.17. The fourth-order valence-corrected chi connectivity index (χ4v) is 1.53. The van der Waals surface area contributed by atoms with E-state index < -0.39 is 0 Å². The molecule has 16 heavy (non-hydrogen) atoms. The Balaban J connectivity index is 2.02. The van der Waals surface area contributed by atoms with Gasteiger partial charge in [0.1, 0.15) is 16.7 Å². The molecular weight excluding hydrogens is 224 g/mol. The Labute approximate surface area is 99.5 Å². The van der Waals surface area contributed by atoms with Crippen LogP contribution < -0.4 is 5.32 Å². The number of nitrogens with one attached hydrogen (secondary N) is 1. The van der Waals surface area contributed by atoms with Crippen molar-refractivity contribution in [3.05, 3.63) is 46.6 Å². The zero-order chi connectivity index (χ0) is 11.5. The monoisotopic (exact) mass is 236 g/mol. The Morgan fingerprint density at radius 2 is 2.19 bits per heavy atom. The Morgan fingerprint density at radius 3 is 2.81 bits per heavy atom. The standard InChI is InChI=1S/C12H13ClN2O/c1-8-5-10(6-15-12(8)13)14-7-11-4-3-9(2)16-11/h3-6,14H,7H2,1-2H3. The zero-order valence-corrected chi connectivity index (χ0v) is 10.0. The van der Waals surface area contributed by atoms with Crippen molar-refractivity contribution in [1.82, 2.24) is 4.98 Å². The highest BCUT2D eigenvalue weighted by molar-refractivity contribution is 6.30. The van der Waals surface area contributed by atoms with Crippen molar-refractivity contribution in [3.8, 4) is 0 Å². The Kier molecular flexibility index (Phi) is 3.15. The number of hydrogen-bond donors (Lipinski definition) is 1. The van der Waals surface area contributed by atoms with E-state index in [1.165, 1.54) is 0 Å². The lowest BCUT2D eigenvalue weighted by Crippen LogP contribution is -1.99. The first kappa shape index (κ1) is 11.0. The van der Waals surface area contributed by atoms with Gasteiger partial charge in [-0.25, -0.2) is 4.98 Å². The normalized spacial score (nSPS) is 10.4. The molecule has 2 aromatic heterocycles. The lowest BCUT2D eigenvalue weighted by Gasteiger charge is -2.05. The first-order valence-corrected chi connectivity index (χ1v) is 5.44. The van der Waals surface area contributed by atoms with Gasteiger partial charge < -0.3 is 9.73 Å². The van der Waals surface area contributed by atoms with E-state index >= 15 is 0 Å². The lowest BCUT2D eigenvalue weighted by molar-refractivity contribution is 0.490. The van der Waals surface area contributed by atoms with Crippen molar-refractivity contribution >= 4 is 17.3 Å². The average molecular weight is 237 g/mol. The van der Waals surface area contributed by atoms with Crippen LogP contribution in [0, 0.1) is 13.8 Å². The molecule has 4 heteroatoms. The molecule has 2 aromatic rings. The number of aromatic nitrogens is 1. The molecule has 0 amide bonds. The quantitative estimate of drug-likeness (QED) is 0.829. The van der Waals surface area contributed by atoms with E-state index in [9.17, 15) is 0 Å². The molecule has 0 aliphatic rings. The summed E-state index contributed by atoms with van der Waals surface area (Å²) >= 11 is 5.84. The molecule has 0 atom stereocenters. The largest absolute Gasteiger partial charge is 0.465 e. The van der Waals surface area contributed by atoms with E-state index in [4.69, 9.17) is 16.0 Å². The molecule has 0 fully saturated rings. The molecule has 0 saturated carbocycles. The van der Waals surface area contributed by atoms with Crippen LogP contribution in [0.4, 0.5) is 5.69 Å². The molecule has 84 valence electrons. The summed E-state index contributed by atoms with van der Waals surface area (Å²) in [4.78, 5) is 4.07. The molecule has 0 aromatic carbocycles. The SMILES string of the molecule is Cc1ccc(CNc2cnc(Cl)c(C)c2)o1. The minimum absolute atomic E-state index is 0.541. The Morgan fingerprint density at radius 1 is 1.38 bits per heavy atom. The van der Waals surface area contributed by atoms with Gasteiger partial charge in [0.2, 0.25) is 0 Å². The van der Waals surface area contributed by atoms with Crippen LogP contribution in [0.25, 0.3) is 0 Å². The van der Waals surface area contributed by atoms with Gasteiger partial charge in [-0.1, -0.05) is 11.6 Å². The number of hydrogen-bond acceptors (Lipinski definition) is 3. The summed E-state index contributed by atoms with van der Waals surface area (Å²) in [6.07, 6.45) is 1.71. The van der Waals surface area contributed by atoms with Gasteiger partial charge in [-0.05, 0) is 37.6 Å². The maximum Gasteiger partial charge on any atom is 0.132 e. The number of halogens is 1. The van der Waals surface area contributed by atoms with Crippen molar-refractivity contribution in [2.45, 2.75) is 20.4 Å². The van der Waals surface area contributed by atoms with Crippen LogP contribution in [-0.2, 0) is 6.54 Å². The van der Waals surface area contributed by atoms with Crippen LogP contribution in [0.2, 0.25) is 5.15 Å². The zero-order valence-electron chi connectivity index (χ0n) is 9.25. The predicted molar refractivity (Wildman–Crippen MR) is 64.8 cm³/mol. The van der Waals surface area contributed by atoms with Gasteiger partial charge >= 0.3 is 0 Å². The Hall–Kier alpha value is -1.48. The summed E-state index contributed by atoms with van der Waals surface area (Å²) in [6, 6.07) is 5.87. The summed E-state index contributed by atoms with van der Waals surface area (Å²) in [5.41, 5.74) is 1.90. The molecule has 0 unspecified atom stereocenters. The van der Waals surface area contributed by atoms with Crippen LogP contribution in [-0.4, -0.2) is 4.98 Å². The second-order valence-corrected chi connectivity index (χ2v) is 4.06. The van der Waals surface area contributed by atoms with Gasteiger partial charge in [-0.2, -0.15) is 0 Å². The average Bonchev–Trinajstić information content (AvgIpc) is 2.66. The number of nitrogens with zero attached hydrogens (tertiary/aromatic N) is 1. The van der Waals surface area contributed by atoms with E-state index in [1.54, 1.807) is 6.20 Å². The molecule has 1 N–H and O–H groups in total. The van der Waals surface area contributed by atoms with Crippen LogP contribution in [0.1, 0.15) is 17.1 Å². The van der Waals surface area contributed by atoms with Crippen molar-refractivity contribution in [3.63, 3.8) is 0 Å². The number of aryl methyl sites for hydroxylation is 2. The van der Waals surface area contributed by atoms with Crippen LogP contribution >= 0.6 is 11.6 Å². The fourth-order valence-electron chi connectivity index (χ4n) is 1.42. The van der Waals surface area contributed by atoms with E-state index in [0.29, 0.717) is 11.7 Å². The van der Waals surface area contributed by atoms with Crippen molar-refractivity contribution in [2.75, 3.05) is 5.32 Å². The lowest BCUT2D eigenvalue weighted by atomic mass is 10.3. The summed E-state index contributed by atoms with van der Waals surface area (Å²) in [5.74, 6) is 1.83.